The number of ether oxygens (including phenoxy) is 2. The maximum Gasteiger partial charge on any atom is 0.159 e. The Morgan fingerprint density at radius 2 is 2.00 bits per heavy atom. The lowest BCUT2D eigenvalue weighted by Crippen LogP contribution is -2.43. The summed E-state index contributed by atoms with van der Waals surface area (Å²) < 4.78 is 13.0. The fourth-order valence-corrected chi connectivity index (χ4v) is 2.67. The van der Waals surface area contributed by atoms with Gasteiger partial charge in [-0.15, -0.1) is 10.2 Å². The van der Waals surface area contributed by atoms with Crippen molar-refractivity contribution in [3.8, 4) is 0 Å². The van der Waals surface area contributed by atoms with E-state index in [1.807, 2.05) is 0 Å². The van der Waals surface area contributed by atoms with Gasteiger partial charge in [-0.2, -0.15) is 0 Å². The minimum absolute atomic E-state index is 0.0547. The number of nitrogens with two attached hydrogens (primary N) is 1. The molecule has 2 aliphatic rings. The first-order valence-electron chi connectivity index (χ1n) is 6.14. The lowest BCUT2D eigenvalue weighted by Gasteiger charge is -2.35. The number of rotatable bonds is 2. The molecule has 1 fully saturated rings. The molecule has 1 saturated heterocycles. The summed E-state index contributed by atoms with van der Waals surface area (Å²) >= 11 is 0. The number of hydrogen-bond donors (Lipinski definition) is 1. The van der Waals surface area contributed by atoms with E-state index in [-0.39, 0.29) is 5.41 Å². The molecule has 3 rings (SSSR count). The molecule has 0 radical (unpaired) electrons. The van der Waals surface area contributed by atoms with Crippen LogP contribution in [0.4, 0.5) is 0 Å². The van der Waals surface area contributed by atoms with Crippen molar-refractivity contribution >= 4 is 0 Å². The molecule has 0 aliphatic carbocycles. The summed E-state index contributed by atoms with van der Waals surface area (Å²) in [6.07, 6.45) is 1.87. The lowest BCUT2D eigenvalue weighted by atomic mass is 9.79. The molecule has 0 spiro atoms. The van der Waals surface area contributed by atoms with Crippen LogP contribution in [-0.2, 0) is 28.0 Å². The zero-order valence-electron chi connectivity index (χ0n) is 9.89. The molecule has 0 bridgehead atoms. The minimum atomic E-state index is -0.0547. The van der Waals surface area contributed by atoms with Gasteiger partial charge in [-0.25, -0.2) is 0 Å². The van der Waals surface area contributed by atoms with Crippen LogP contribution in [0.1, 0.15) is 24.5 Å². The predicted molar refractivity (Wildman–Crippen MR) is 60.5 cm³/mol. The summed E-state index contributed by atoms with van der Waals surface area (Å²) in [7, 11) is 0. The van der Waals surface area contributed by atoms with Crippen LogP contribution in [0.15, 0.2) is 0 Å². The van der Waals surface area contributed by atoms with Crippen LogP contribution in [-0.4, -0.2) is 41.1 Å². The molecule has 3 heterocycles. The highest BCUT2D eigenvalue weighted by Crippen LogP contribution is 2.33. The van der Waals surface area contributed by atoms with Gasteiger partial charge in [0, 0.05) is 31.7 Å². The normalized spacial score (nSPS) is 23.4. The predicted octanol–water partition coefficient (Wildman–Crippen LogP) is -0.185. The highest BCUT2D eigenvalue weighted by molar-refractivity contribution is 5.13. The standard InChI is InChI=1S/C11H18N4O2/c12-8-11(1-4-16-5-2-11)10-14-13-9-7-17-6-3-15(9)10/h1-8,12H2. The van der Waals surface area contributed by atoms with E-state index in [2.05, 4.69) is 14.8 Å². The van der Waals surface area contributed by atoms with Crippen molar-refractivity contribution in [2.24, 2.45) is 5.73 Å². The Kier molecular flexibility index (Phi) is 2.85. The molecule has 0 atom stereocenters. The summed E-state index contributed by atoms with van der Waals surface area (Å²) in [6.45, 7) is 4.25. The lowest BCUT2D eigenvalue weighted by molar-refractivity contribution is 0.0440. The van der Waals surface area contributed by atoms with Crippen LogP contribution in [0.3, 0.4) is 0 Å². The molecule has 0 amide bonds. The van der Waals surface area contributed by atoms with Gasteiger partial charge in [0.15, 0.2) is 5.82 Å². The van der Waals surface area contributed by atoms with Crippen LogP contribution >= 0.6 is 0 Å². The zero-order chi connectivity index (χ0) is 11.7. The van der Waals surface area contributed by atoms with Crippen LogP contribution in [0.25, 0.3) is 0 Å². The second-order valence-electron chi connectivity index (χ2n) is 4.74. The zero-order valence-corrected chi connectivity index (χ0v) is 9.89. The SMILES string of the molecule is NCC1(c2nnc3n2CCOC3)CCOCC1. The van der Waals surface area contributed by atoms with Crippen molar-refractivity contribution in [2.75, 3.05) is 26.4 Å². The first kappa shape index (κ1) is 11.1. The van der Waals surface area contributed by atoms with Gasteiger partial charge in [0.1, 0.15) is 12.4 Å². The maximum absolute atomic E-state index is 5.99. The fourth-order valence-electron chi connectivity index (χ4n) is 2.67. The minimum Gasteiger partial charge on any atom is -0.381 e. The van der Waals surface area contributed by atoms with Gasteiger partial charge in [0.2, 0.25) is 0 Å². The van der Waals surface area contributed by atoms with E-state index >= 15 is 0 Å². The topological polar surface area (TPSA) is 75.2 Å². The second-order valence-corrected chi connectivity index (χ2v) is 4.74. The van der Waals surface area contributed by atoms with E-state index in [0.717, 1.165) is 50.9 Å². The summed E-state index contributed by atoms with van der Waals surface area (Å²) in [6, 6.07) is 0. The average Bonchev–Trinajstić information content (AvgIpc) is 2.84. The Labute approximate surface area is 100 Å². The monoisotopic (exact) mass is 238 g/mol. The van der Waals surface area contributed by atoms with Crippen LogP contribution in [0.2, 0.25) is 0 Å². The first-order chi connectivity index (χ1) is 8.36. The second kappa shape index (κ2) is 4.36. The molecule has 1 aromatic rings. The number of aromatic nitrogens is 3. The highest BCUT2D eigenvalue weighted by Gasteiger charge is 2.38. The molecule has 0 unspecified atom stereocenters. The van der Waals surface area contributed by atoms with Gasteiger partial charge in [-0.05, 0) is 12.8 Å². The van der Waals surface area contributed by atoms with Crippen LogP contribution in [0, 0.1) is 0 Å². The van der Waals surface area contributed by atoms with E-state index < -0.39 is 0 Å². The Bertz CT molecular complexity index is 398. The van der Waals surface area contributed by atoms with E-state index in [9.17, 15) is 0 Å². The van der Waals surface area contributed by atoms with Gasteiger partial charge in [-0.1, -0.05) is 0 Å². The molecule has 6 heteroatoms. The molecule has 1 aromatic heterocycles. The van der Waals surface area contributed by atoms with Gasteiger partial charge in [-0.3, -0.25) is 0 Å². The molecule has 6 nitrogen and oxygen atoms in total. The van der Waals surface area contributed by atoms with E-state index in [4.69, 9.17) is 15.2 Å². The summed E-state index contributed by atoms with van der Waals surface area (Å²) in [5, 5.41) is 8.58. The van der Waals surface area contributed by atoms with Gasteiger partial charge in [0.05, 0.1) is 6.61 Å². The van der Waals surface area contributed by atoms with Gasteiger partial charge in [0.25, 0.3) is 0 Å². The van der Waals surface area contributed by atoms with Crippen molar-refractivity contribution in [1.29, 1.82) is 0 Å². The Balaban J connectivity index is 1.98. The van der Waals surface area contributed by atoms with Crippen molar-refractivity contribution in [3.63, 3.8) is 0 Å². The fraction of sp³-hybridized carbons (Fsp3) is 0.818. The largest absolute Gasteiger partial charge is 0.381 e. The van der Waals surface area contributed by atoms with Crippen LogP contribution in [0.5, 0.6) is 0 Å². The molecule has 2 N–H and O–H groups in total. The third-order valence-corrected chi connectivity index (χ3v) is 3.83. The first-order valence-corrected chi connectivity index (χ1v) is 6.14. The Morgan fingerprint density at radius 3 is 2.76 bits per heavy atom. The Morgan fingerprint density at radius 1 is 1.18 bits per heavy atom. The summed E-state index contributed by atoms with van der Waals surface area (Å²) in [5.74, 6) is 1.95. The molecule has 0 saturated carbocycles. The molecular formula is C11H18N4O2. The molecule has 17 heavy (non-hydrogen) atoms. The maximum atomic E-state index is 5.99. The van der Waals surface area contributed by atoms with Gasteiger partial charge >= 0.3 is 0 Å². The molecule has 94 valence electrons. The summed E-state index contributed by atoms with van der Waals surface area (Å²) in [5.41, 5.74) is 5.94. The molecular weight excluding hydrogens is 220 g/mol. The van der Waals surface area contributed by atoms with Crippen LogP contribution < -0.4 is 5.73 Å². The van der Waals surface area contributed by atoms with Crippen molar-refractivity contribution in [1.82, 2.24) is 14.8 Å². The smallest absolute Gasteiger partial charge is 0.159 e. The Hall–Kier alpha value is -0.980. The van der Waals surface area contributed by atoms with Crippen molar-refractivity contribution < 1.29 is 9.47 Å². The third kappa shape index (κ3) is 1.76. The number of hydrogen-bond acceptors (Lipinski definition) is 5. The molecule has 0 aromatic carbocycles. The van der Waals surface area contributed by atoms with E-state index in [1.165, 1.54) is 0 Å². The van der Waals surface area contributed by atoms with Crippen molar-refractivity contribution in [2.45, 2.75) is 31.4 Å². The number of nitrogens with zero attached hydrogens (tertiary/aromatic N) is 3. The average molecular weight is 238 g/mol. The highest BCUT2D eigenvalue weighted by atomic mass is 16.5. The van der Waals surface area contributed by atoms with Gasteiger partial charge < -0.3 is 19.8 Å². The third-order valence-electron chi connectivity index (χ3n) is 3.83. The summed E-state index contributed by atoms with van der Waals surface area (Å²) in [4.78, 5) is 0. The quantitative estimate of drug-likeness (QED) is 0.773. The van der Waals surface area contributed by atoms with E-state index in [1.54, 1.807) is 0 Å². The number of fused-ring (bicyclic) bond motifs is 1. The molecule has 2 aliphatic heterocycles. The van der Waals surface area contributed by atoms with Crippen molar-refractivity contribution in [3.05, 3.63) is 11.6 Å². The van der Waals surface area contributed by atoms with E-state index in [0.29, 0.717) is 13.2 Å².